The molecule has 0 fully saturated rings. The van der Waals surface area contributed by atoms with E-state index in [-0.39, 0.29) is 5.69 Å². The van der Waals surface area contributed by atoms with Gasteiger partial charge in [-0.3, -0.25) is 4.98 Å². The third-order valence-electron chi connectivity index (χ3n) is 1.41. The number of aromatic nitrogens is 1. The van der Waals surface area contributed by atoms with Crippen molar-refractivity contribution in [1.29, 1.82) is 0 Å². The Hall–Kier alpha value is -0.995. The summed E-state index contributed by atoms with van der Waals surface area (Å²) in [5.74, 6) is 0. The Morgan fingerprint density at radius 3 is 2.42 bits per heavy atom. The molecule has 0 aliphatic heterocycles. The molecule has 1 heterocycles. The molecule has 0 N–H and O–H groups in total. The lowest BCUT2D eigenvalue weighted by Crippen LogP contribution is -2.20. The molecule has 1 rings (SSSR count). The highest BCUT2D eigenvalue weighted by Gasteiger charge is 2.23. The van der Waals surface area contributed by atoms with Crippen LogP contribution in [-0.4, -0.2) is 12.0 Å². The smallest absolute Gasteiger partial charge is 0.449 e. The zero-order chi connectivity index (χ0) is 9.19. The van der Waals surface area contributed by atoms with Gasteiger partial charge in [0.25, 0.3) is 0 Å². The molecule has 12 heavy (non-hydrogen) atoms. The van der Waals surface area contributed by atoms with Gasteiger partial charge in [0.1, 0.15) is 0 Å². The number of hydrogen-bond donors (Lipinski definition) is 0. The molecule has 1 nitrogen and oxygen atoms in total. The van der Waals surface area contributed by atoms with Gasteiger partial charge >= 0.3 is 6.98 Å². The summed E-state index contributed by atoms with van der Waals surface area (Å²) in [6.45, 7) is -2.97. The summed E-state index contributed by atoms with van der Waals surface area (Å²) < 4.78 is 35.6. The molecular weight excluding hydrogens is 166 g/mol. The van der Waals surface area contributed by atoms with Gasteiger partial charge in [-0.25, -0.2) is 0 Å². The van der Waals surface area contributed by atoms with Crippen LogP contribution < -0.4 is 0 Å². The van der Waals surface area contributed by atoms with Gasteiger partial charge in [-0.2, -0.15) is 0 Å². The zero-order valence-electron chi connectivity index (χ0n) is 6.60. The van der Waals surface area contributed by atoms with Crippen LogP contribution in [0, 0.1) is 6.92 Å². The summed E-state index contributed by atoms with van der Waals surface area (Å²) in [5.41, 5.74) is 0.960. The molecule has 0 aliphatic rings. The van der Waals surface area contributed by atoms with E-state index in [1.165, 1.54) is 12.3 Å². The normalized spacial score (nSPS) is 11.7. The molecule has 0 spiro atoms. The molecule has 0 radical (unpaired) electrons. The minimum absolute atomic E-state index is 0.0908. The minimum Gasteiger partial charge on any atom is -0.449 e. The monoisotopic (exact) mass is 174 g/mol. The quantitative estimate of drug-likeness (QED) is 0.626. The Morgan fingerprint density at radius 1 is 1.33 bits per heavy atom. The molecule has 66 valence electrons. The molecule has 0 atom stereocenters. The van der Waals surface area contributed by atoms with Gasteiger partial charge < -0.3 is 12.9 Å². The fourth-order valence-electron chi connectivity index (χ4n) is 0.856. The van der Waals surface area contributed by atoms with Crippen molar-refractivity contribution in [1.82, 2.24) is 4.98 Å². The SMILES string of the molecule is Cc1ccc(C[B-](F)(F)F)nc1. The van der Waals surface area contributed by atoms with Crippen molar-refractivity contribution in [3.8, 4) is 0 Å². The first-order valence-corrected chi connectivity index (χ1v) is 3.60. The van der Waals surface area contributed by atoms with Gasteiger partial charge in [0.15, 0.2) is 0 Å². The molecular formula is C7H8BF3N-. The second kappa shape index (κ2) is 3.17. The number of nitrogens with zero attached hydrogens (tertiary/aromatic N) is 1. The molecule has 1 aromatic heterocycles. The molecule has 0 saturated carbocycles. The molecule has 0 saturated heterocycles. The zero-order valence-corrected chi connectivity index (χ0v) is 6.60. The van der Waals surface area contributed by atoms with Gasteiger partial charge in [-0.15, -0.1) is 0 Å². The van der Waals surface area contributed by atoms with Crippen molar-refractivity contribution in [3.63, 3.8) is 0 Å². The predicted octanol–water partition coefficient (Wildman–Crippen LogP) is 2.32. The number of aryl methyl sites for hydroxylation is 1. The van der Waals surface area contributed by atoms with E-state index in [0.717, 1.165) is 5.56 Å². The molecule has 1 aromatic rings. The standard InChI is InChI=1S/C7H8BF3N/c1-6-2-3-7(12-5-6)4-8(9,10)11/h2-3,5H,4H2,1H3/q-1. The number of pyridine rings is 1. The van der Waals surface area contributed by atoms with Crippen LogP contribution in [0.25, 0.3) is 0 Å². The van der Waals surface area contributed by atoms with E-state index in [9.17, 15) is 12.9 Å². The maximum absolute atomic E-state index is 11.9. The van der Waals surface area contributed by atoms with Crippen molar-refractivity contribution >= 4 is 6.98 Å². The second-order valence-corrected chi connectivity index (χ2v) is 2.74. The first-order chi connectivity index (χ1) is 5.47. The van der Waals surface area contributed by atoms with Crippen LogP contribution in [0.5, 0.6) is 0 Å². The summed E-state index contributed by atoms with van der Waals surface area (Å²) in [6, 6.07) is 3.04. The van der Waals surface area contributed by atoms with Crippen molar-refractivity contribution in [2.75, 3.05) is 0 Å². The van der Waals surface area contributed by atoms with Crippen LogP contribution in [0.4, 0.5) is 12.9 Å². The molecule has 5 heteroatoms. The van der Waals surface area contributed by atoms with Gasteiger partial charge in [0.2, 0.25) is 0 Å². The average molecular weight is 174 g/mol. The van der Waals surface area contributed by atoms with Crippen LogP contribution in [-0.2, 0) is 6.32 Å². The van der Waals surface area contributed by atoms with E-state index in [4.69, 9.17) is 0 Å². The molecule has 0 amide bonds. The van der Waals surface area contributed by atoms with E-state index in [1.807, 2.05) is 0 Å². The lowest BCUT2D eigenvalue weighted by molar-refractivity contribution is 0.467. The summed E-state index contributed by atoms with van der Waals surface area (Å²) in [6.07, 6.45) is 0.553. The van der Waals surface area contributed by atoms with Crippen LogP contribution in [0.15, 0.2) is 18.3 Å². The second-order valence-electron chi connectivity index (χ2n) is 2.74. The molecule has 0 bridgehead atoms. The first kappa shape index (κ1) is 9.10. The fraction of sp³-hybridized carbons (Fsp3) is 0.286. The molecule has 0 aliphatic carbocycles. The molecule has 0 aromatic carbocycles. The van der Waals surface area contributed by atoms with Gasteiger partial charge in [-0.1, -0.05) is 6.07 Å². The summed E-state index contributed by atoms with van der Waals surface area (Å²) in [7, 11) is 0. The third-order valence-corrected chi connectivity index (χ3v) is 1.41. The van der Waals surface area contributed by atoms with Crippen molar-refractivity contribution < 1.29 is 12.9 Å². The topological polar surface area (TPSA) is 12.9 Å². The maximum atomic E-state index is 11.9. The van der Waals surface area contributed by atoms with Gasteiger partial charge in [-0.05, 0) is 24.9 Å². The summed E-state index contributed by atoms with van der Waals surface area (Å²) in [5, 5.41) is 0. The minimum atomic E-state index is -4.76. The Bertz CT molecular complexity index is 254. The highest BCUT2D eigenvalue weighted by Crippen LogP contribution is 2.14. The Balaban J connectivity index is 2.71. The number of hydrogen-bond acceptors (Lipinski definition) is 1. The molecule has 0 unspecified atom stereocenters. The van der Waals surface area contributed by atoms with E-state index < -0.39 is 13.3 Å². The van der Waals surface area contributed by atoms with Crippen LogP contribution in [0.3, 0.4) is 0 Å². The largest absolute Gasteiger partial charge is 0.484 e. The highest BCUT2D eigenvalue weighted by atomic mass is 19.4. The summed E-state index contributed by atoms with van der Waals surface area (Å²) in [4.78, 5) is 3.66. The van der Waals surface area contributed by atoms with E-state index >= 15 is 0 Å². The van der Waals surface area contributed by atoms with Gasteiger partial charge in [0, 0.05) is 11.9 Å². The van der Waals surface area contributed by atoms with E-state index in [1.54, 1.807) is 13.0 Å². The Kier molecular flexibility index (Phi) is 2.40. The highest BCUT2D eigenvalue weighted by molar-refractivity contribution is 6.57. The van der Waals surface area contributed by atoms with Crippen LogP contribution in [0.1, 0.15) is 11.3 Å². The first-order valence-electron chi connectivity index (χ1n) is 3.60. The Labute approximate surface area is 68.7 Å². The Morgan fingerprint density at radius 2 is 2.00 bits per heavy atom. The van der Waals surface area contributed by atoms with Crippen molar-refractivity contribution in [2.45, 2.75) is 13.2 Å². The van der Waals surface area contributed by atoms with E-state index in [2.05, 4.69) is 4.98 Å². The lowest BCUT2D eigenvalue weighted by Gasteiger charge is -2.12. The fourth-order valence-corrected chi connectivity index (χ4v) is 0.856. The van der Waals surface area contributed by atoms with Crippen LogP contribution in [0.2, 0.25) is 0 Å². The van der Waals surface area contributed by atoms with E-state index in [0.29, 0.717) is 0 Å². The van der Waals surface area contributed by atoms with Gasteiger partial charge in [0.05, 0.1) is 0 Å². The lowest BCUT2D eigenvalue weighted by atomic mass is 9.84. The van der Waals surface area contributed by atoms with Crippen molar-refractivity contribution in [2.24, 2.45) is 0 Å². The maximum Gasteiger partial charge on any atom is 0.484 e. The van der Waals surface area contributed by atoms with Crippen molar-refractivity contribution in [3.05, 3.63) is 29.6 Å². The number of rotatable bonds is 2. The predicted molar refractivity (Wildman–Crippen MR) is 41.8 cm³/mol. The van der Waals surface area contributed by atoms with Crippen LogP contribution >= 0.6 is 0 Å². The average Bonchev–Trinajstić information content (AvgIpc) is 1.91. The summed E-state index contributed by atoms with van der Waals surface area (Å²) >= 11 is 0. The number of halogens is 3. The third kappa shape index (κ3) is 2.94.